The first kappa shape index (κ1) is 14.4. The number of hydrogen-bond donors (Lipinski definition) is 2. The summed E-state index contributed by atoms with van der Waals surface area (Å²) in [6.45, 7) is -0.270. The van der Waals surface area contributed by atoms with Gasteiger partial charge in [-0.15, -0.1) is 0 Å². The summed E-state index contributed by atoms with van der Waals surface area (Å²) < 4.78 is 17.2. The van der Waals surface area contributed by atoms with Crippen molar-refractivity contribution in [2.75, 3.05) is 13.7 Å². The van der Waals surface area contributed by atoms with Gasteiger partial charge in [-0.05, 0) is 0 Å². The molecule has 5 unspecified atom stereocenters. The summed E-state index contributed by atoms with van der Waals surface area (Å²) in [6.07, 6.45) is -1.21. The minimum atomic E-state index is -0.781. The van der Waals surface area contributed by atoms with Crippen LogP contribution in [-0.4, -0.2) is 46.7 Å². The predicted molar refractivity (Wildman–Crippen MR) is 67.7 cm³/mol. The second-order valence-electron chi connectivity index (χ2n) is 4.07. The number of aliphatic hydroxyl groups is 1. The van der Waals surface area contributed by atoms with Gasteiger partial charge in [0.2, 0.25) is 0 Å². The highest BCUT2D eigenvalue weighted by molar-refractivity contribution is 7.09. The van der Waals surface area contributed by atoms with Crippen molar-refractivity contribution in [1.82, 2.24) is 9.55 Å². The number of hydrogen-bond acceptors (Lipinski definition) is 6. The van der Waals surface area contributed by atoms with Crippen LogP contribution < -0.4 is 11.2 Å². The zero-order valence-electron chi connectivity index (χ0n) is 10.2. The Bertz CT molecular complexity index is 543. The van der Waals surface area contributed by atoms with Crippen molar-refractivity contribution < 1.29 is 19.1 Å². The molecule has 1 fully saturated rings. The normalized spacial score (nSPS) is 30.7. The van der Waals surface area contributed by atoms with Crippen LogP contribution in [-0.2, 0) is 14.0 Å². The number of rotatable bonds is 4. The summed E-state index contributed by atoms with van der Waals surface area (Å²) in [4.78, 5) is 24.9. The van der Waals surface area contributed by atoms with Crippen LogP contribution in [0.4, 0.5) is 0 Å². The molecule has 8 nitrogen and oxygen atoms in total. The molecule has 2 heterocycles. The van der Waals surface area contributed by atoms with Crippen LogP contribution in [0.25, 0.3) is 0 Å². The fourth-order valence-electron chi connectivity index (χ4n) is 2.12. The van der Waals surface area contributed by atoms with Crippen molar-refractivity contribution in [2.45, 2.75) is 24.5 Å². The standard InChI is InChI=1S/C10H15N2O6P/c1-16-8-7(18-19)5(4-13)17-9(8)12-3-2-6(14)11-10(12)15/h2-3,5,7-9,13H,4,19H2,1H3,(H,11,14,15). The van der Waals surface area contributed by atoms with E-state index < -0.39 is 35.8 Å². The number of ether oxygens (including phenoxy) is 2. The van der Waals surface area contributed by atoms with Crippen LogP contribution in [0.2, 0.25) is 0 Å². The molecular formula is C10H15N2O6P. The number of aliphatic hydroxyl groups excluding tert-OH is 1. The van der Waals surface area contributed by atoms with E-state index in [9.17, 15) is 14.7 Å². The molecule has 0 saturated carbocycles. The molecule has 1 aromatic rings. The first-order valence-corrected chi connectivity index (χ1v) is 6.05. The highest BCUT2D eigenvalue weighted by Crippen LogP contribution is 2.33. The number of methoxy groups -OCH3 is 1. The average Bonchev–Trinajstić information content (AvgIpc) is 2.76. The van der Waals surface area contributed by atoms with Crippen LogP contribution in [0.15, 0.2) is 21.9 Å². The van der Waals surface area contributed by atoms with Crippen molar-refractivity contribution in [3.63, 3.8) is 0 Å². The highest BCUT2D eigenvalue weighted by Gasteiger charge is 2.46. The third-order valence-corrected chi connectivity index (χ3v) is 3.33. The molecule has 0 spiro atoms. The van der Waals surface area contributed by atoms with Gasteiger partial charge in [-0.25, -0.2) is 4.79 Å². The summed E-state index contributed by atoms with van der Waals surface area (Å²) in [5.41, 5.74) is -1.11. The summed E-state index contributed by atoms with van der Waals surface area (Å²) >= 11 is 0. The van der Waals surface area contributed by atoms with Gasteiger partial charge in [-0.1, -0.05) is 0 Å². The Morgan fingerprint density at radius 1 is 1.53 bits per heavy atom. The van der Waals surface area contributed by atoms with E-state index in [1.165, 1.54) is 23.9 Å². The third kappa shape index (κ3) is 2.63. The van der Waals surface area contributed by atoms with Gasteiger partial charge in [0.05, 0.1) is 6.61 Å². The zero-order valence-corrected chi connectivity index (χ0v) is 11.3. The molecule has 1 aliphatic heterocycles. The summed E-state index contributed by atoms with van der Waals surface area (Å²) in [6, 6.07) is 1.21. The zero-order chi connectivity index (χ0) is 14.0. The van der Waals surface area contributed by atoms with Crippen LogP contribution >= 0.6 is 9.47 Å². The average molecular weight is 290 g/mol. The smallest absolute Gasteiger partial charge is 0.330 e. The van der Waals surface area contributed by atoms with Gasteiger partial charge >= 0.3 is 5.69 Å². The minimum absolute atomic E-state index is 0.270. The maximum Gasteiger partial charge on any atom is 0.330 e. The minimum Gasteiger partial charge on any atom is -0.394 e. The number of nitrogens with zero attached hydrogens (tertiary/aromatic N) is 1. The number of H-pyrrole nitrogens is 1. The Morgan fingerprint density at radius 2 is 2.26 bits per heavy atom. The topological polar surface area (TPSA) is 103 Å². The lowest BCUT2D eigenvalue weighted by Gasteiger charge is -2.21. The van der Waals surface area contributed by atoms with Gasteiger partial charge in [-0.2, -0.15) is 0 Å². The lowest BCUT2D eigenvalue weighted by molar-refractivity contribution is -0.0625. The van der Waals surface area contributed by atoms with Gasteiger partial charge in [0.15, 0.2) is 6.23 Å². The molecule has 1 saturated heterocycles. The molecule has 9 heteroatoms. The second kappa shape index (κ2) is 5.94. The van der Waals surface area contributed by atoms with Crippen molar-refractivity contribution in [2.24, 2.45) is 0 Å². The fraction of sp³-hybridized carbons (Fsp3) is 0.600. The maximum absolute atomic E-state index is 11.7. The van der Waals surface area contributed by atoms with E-state index >= 15 is 0 Å². The molecule has 2 N–H and O–H groups in total. The first-order valence-electron chi connectivity index (χ1n) is 5.58. The highest BCUT2D eigenvalue weighted by atomic mass is 31.0. The fourth-order valence-corrected chi connectivity index (χ4v) is 2.45. The second-order valence-corrected chi connectivity index (χ2v) is 4.34. The number of aromatic amines is 1. The Balaban J connectivity index is 2.38. The lowest BCUT2D eigenvalue weighted by Crippen LogP contribution is -2.39. The molecule has 0 radical (unpaired) electrons. The van der Waals surface area contributed by atoms with Gasteiger partial charge in [0, 0.05) is 28.8 Å². The quantitative estimate of drug-likeness (QED) is 0.662. The molecule has 0 aromatic carbocycles. The Labute approximate surface area is 110 Å². The van der Waals surface area contributed by atoms with E-state index in [-0.39, 0.29) is 6.61 Å². The van der Waals surface area contributed by atoms with Crippen LogP contribution in [0.3, 0.4) is 0 Å². The van der Waals surface area contributed by atoms with Crippen molar-refractivity contribution in [3.8, 4) is 0 Å². The SMILES string of the molecule is COC1C(OP)C(CO)OC1n1ccc(=O)[nH]c1=O. The summed E-state index contributed by atoms with van der Waals surface area (Å²) in [5.74, 6) is 0. The Hall–Kier alpha value is -1.05. The predicted octanol–water partition coefficient (Wildman–Crippen LogP) is -1.38. The van der Waals surface area contributed by atoms with E-state index in [0.717, 1.165) is 0 Å². The molecule has 1 aromatic heterocycles. The Morgan fingerprint density at radius 3 is 2.79 bits per heavy atom. The first-order chi connectivity index (χ1) is 9.12. The van der Waals surface area contributed by atoms with Crippen molar-refractivity contribution >= 4 is 9.47 Å². The van der Waals surface area contributed by atoms with Gasteiger partial charge in [0.25, 0.3) is 5.56 Å². The van der Waals surface area contributed by atoms with Gasteiger partial charge in [-0.3, -0.25) is 14.3 Å². The van der Waals surface area contributed by atoms with E-state index in [0.29, 0.717) is 0 Å². The number of nitrogens with one attached hydrogen (secondary N) is 1. The van der Waals surface area contributed by atoms with Gasteiger partial charge in [0.1, 0.15) is 18.3 Å². The molecule has 106 valence electrons. The molecule has 1 aliphatic rings. The Kier molecular flexibility index (Phi) is 4.49. The van der Waals surface area contributed by atoms with Crippen molar-refractivity contribution in [1.29, 1.82) is 0 Å². The molecular weight excluding hydrogens is 275 g/mol. The maximum atomic E-state index is 11.7. The molecule has 19 heavy (non-hydrogen) atoms. The van der Waals surface area contributed by atoms with E-state index in [2.05, 4.69) is 14.5 Å². The van der Waals surface area contributed by atoms with E-state index in [4.69, 9.17) is 14.0 Å². The van der Waals surface area contributed by atoms with Crippen LogP contribution in [0, 0.1) is 0 Å². The molecule has 2 rings (SSSR count). The monoisotopic (exact) mass is 290 g/mol. The molecule has 0 bridgehead atoms. The van der Waals surface area contributed by atoms with Crippen molar-refractivity contribution in [3.05, 3.63) is 33.1 Å². The number of aromatic nitrogens is 2. The molecule has 0 aliphatic carbocycles. The van der Waals surface area contributed by atoms with E-state index in [1.54, 1.807) is 0 Å². The van der Waals surface area contributed by atoms with Gasteiger partial charge < -0.3 is 19.1 Å². The largest absolute Gasteiger partial charge is 0.394 e. The lowest BCUT2D eigenvalue weighted by atomic mass is 10.1. The van der Waals surface area contributed by atoms with E-state index in [1.807, 2.05) is 0 Å². The summed E-state index contributed by atoms with van der Waals surface area (Å²) in [5, 5.41) is 9.24. The molecule has 0 amide bonds. The van der Waals surface area contributed by atoms with Crippen LogP contribution in [0.5, 0.6) is 0 Å². The summed E-state index contributed by atoms with van der Waals surface area (Å²) in [7, 11) is 3.54. The third-order valence-electron chi connectivity index (χ3n) is 3.02. The van der Waals surface area contributed by atoms with Crippen LogP contribution in [0.1, 0.15) is 6.23 Å². The molecule has 5 atom stereocenters.